The van der Waals surface area contributed by atoms with Crippen molar-refractivity contribution >= 4 is 50.7 Å². The van der Waals surface area contributed by atoms with Crippen LogP contribution in [-0.2, 0) is 26.2 Å². The zero-order chi connectivity index (χ0) is 29.0. The van der Waals surface area contributed by atoms with Crippen LogP contribution in [0.1, 0.15) is 38.8 Å². The van der Waals surface area contributed by atoms with Crippen LogP contribution >= 0.6 is 23.2 Å². The highest BCUT2D eigenvalue weighted by Gasteiger charge is 2.34. The SMILES string of the molecule is Cc1ccccc1CN(C(=O)CN(c1cc(Cl)ccc1Cl)S(=O)(=O)c1ccccc1)[C@H](C)C(=O)NC(C)(C)C. The number of halogens is 2. The Balaban J connectivity index is 2.08. The maximum Gasteiger partial charge on any atom is 0.264 e. The Morgan fingerprint density at radius 2 is 1.56 bits per heavy atom. The lowest BCUT2D eigenvalue weighted by Gasteiger charge is -2.34. The third-order valence-electron chi connectivity index (χ3n) is 6.05. The number of hydrogen-bond acceptors (Lipinski definition) is 4. The van der Waals surface area contributed by atoms with Crippen LogP contribution in [0.15, 0.2) is 77.7 Å². The van der Waals surface area contributed by atoms with Gasteiger partial charge < -0.3 is 10.2 Å². The highest BCUT2D eigenvalue weighted by atomic mass is 35.5. The molecule has 0 unspecified atom stereocenters. The molecule has 3 aromatic carbocycles. The normalized spacial score (nSPS) is 12.5. The van der Waals surface area contributed by atoms with Gasteiger partial charge >= 0.3 is 0 Å². The van der Waals surface area contributed by atoms with Crippen LogP contribution in [-0.4, -0.2) is 43.3 Å². The van der Waals surface area contributed by atoms with E-state index in [1.807, 2.05) is 52.0 Å². The number of benzene rings is 3. The molecule has 0 aliphatic carbocycles. The smallest absolute Gasteiger partial charge is 0.264 e. The zero-order valence-electron chi connectivity index (χ0n) is 22.6. The Morgan fingerprint density at radius 3 is 2.18 bits per heavy atom. The third kappa shape index (κ3) is 7.75. The van der Waals surface area contributed by atoms with E-state index in [0.29, 0.717) is 0 Å². The molecule has 0 aromatic heterocycles. The molecule has 3 aromatic rings. The number of carbonyl (C=O) groups is 2. The fourth-order valence-corrected chi connectivity index (χ4v) is 5.82. The summed E-state index contributed by atoms with van der Waals surface area (Å²) in [6, 6.07) is 18.8. The summed E-state index contributed by atoms with van der Waals surface area (Å²) in [5.41, 5.74) is 1.30. The second-order valence-corrected chi connectivity index (χ2v) is 13.0. The molecule has 1 N–H and O–H groups in total. The lowest BCUT2D eigenvalue weighted by atomic mass is 10.1. The summed E-state index contributed by atoms with van der Waals surface area (Å²) < 4.78 is 28.6. The van der Waals surface area contributed by atoms with E-state index < -0.39 is 34.1 Å². The molecule has 2 amide bonds. The third-order valence-corrected chi connectivity index (χ3v) is 8.38. The molecule has 3 rings (SSSR count). The molecule has 0 saturated carbocycles. The van der Waals surface area contributed by atoms with Crippen molar-refractivity contribution in [2.75, 3.05) is 10.8 Å². The molecule has 7 nitrogen and oxygen atoms in total. The first kappa shape index (κ1) is 30.5. The van der Waals surface area contributed by atoms with Crippen LogP contribution in [0, 0.1) is 6.92 Å². The monoisotopic (exact) mass is 589 g/mol. The van der Waals surface area contributed by atoms with Gasteiger partial charge in [0.1, 0.15) is 12.6 Å². The van der Waals surface area contributed by atoms with Gasteiger partial charge in [-0.2, -0.15) is 0 Å². The topological polar surface area (TPSA) is 86.8 Å². The van der Waals surface area contributed by atoms with E-state index in [1.165, 1.54) is 35.2 Å². The van der Waals surface area contributed by atoms with E-state index in [1.54, 1.807) is 25.1 Å². The summed E-state index contributed by atoms with van der Waals surface area (Å²) in [6.45, 7) is 8.58. The number of rotatable bonds is 9. The number of hydrogen-bond donors (Lipinski definition) is 1. The molecule has 0 saturated heterocycles. The van der Waals surface area contributed by atoms with Crippen molar-refractivity contribution in [3.8, 4) is 0 Å². The molecular formula is C29H33Cl2N3O4S. The fourth-order valence-electron chi connectivity index (χ4n) is 3.94. The minimum Gasteiger partial charge on any atom is -0.350 e. The first-order valence-corrected chi connectivity index (χ1v) is 14.6. The van der Waals surface area contributed by atoms with Crippen molar-refractivity contribution in [3.63, 3.8) is 0 Å². The van der Waals surface area contributed by atoms with Crippen LogP contribution in [0.5, 0.6) is 0 Å². The van der Waals surface area contributed by atoms with Crippen molar-refractivity contribution in [2.45, 2.75) is 57.6 Å². The maximum atomic E-state index is 14.0. The second kappa shape index (κ2) is 12.4. The van der Waals surface area contributed by atoms with Gasteiger partial charge in [0.25, 0.3) is 10.0 Å². The summed E-state index contributed by atoms with van der Waals surface area (Å²) in [7, 11) is -4.24. The second-order valence-electron chi connectivity index (χ2n) is 10.3. The van der Waals surface area contributed by atoms with Crippen LogP contribution in [0.25, 0.3) is 0 Å². The maximum absolute atomic E-state index is 14.0. The quantitative estimate of drug-likeness (QED) is 0.340. The summed E-state index contributed by atoms with van der Waals surface area (Å²) in [6.07, 6.45) is 0. The predicted octanol–water partition coefficient (Wildman–Crippen LogP) is 5.83. The van der Waals surface area contributed by atoms with E-state index in [-0.39, 0.29) is 33.1 Å². The average Bonchev–Trinajstić information content (AvgIpc) is 2.87. The summed E-state index contributed by atoms with van der Waals surface area (Å²) >= 11 is 12.6. The Labute approximate surface area is 240 Å². The number of carbonyl (C=O) groups excluding carboxylic acids is 2. The van der Waals surface area contributed by atoms with Gasteiger partial charge in [0.2, 0.25) is 11.8 Å². The standard InChI is InChI=1S/C29H33Cl2N3O4S/c1-20-11-9-10-12-22(20)18-33(21(2)28(36)32-29(3,4)5)27(35)19-34(26-17-23(30)15-16-25(26)31)39(37,38)24-13-7-6-8-14-24/h6-17,21H,18-19H2,1-5H3,(H,32,36)/t21-/m1/s1. The highest BCUT2D eigenvalue weighted by molar-refractivity contribution is 7.92. The number of sulfonamides is 1. The van der Waals surface area contributed by atoms with Gasteiger partial charge in [0.05, 0.1) is 15.6 Å². The molecule has 0 fully saturated rings. The van der Waals surface area contributed by atoms with E-state index in [2.05, 4.69) is 5.32 Å². The van der Waals surface area contributed by atoms with Crippen LogP contribution in [0.3, 0.4) is 0 Å². The van der Waals surface area contributed by atoms with E-state index >= 15 is 0 Å². The number of aryl methyl sites for hydroxylation is 1. The predicted molar refractivity (Wildman–Crippen MR) is 157 cm³/mol. The lowest BCUT2D eigenvalue weighted by molar-refractivity contribution is -0.140. The minimum atomic E-state index is -4.24. The molecule has 0 heterocycles. The largest absolute Gasteiger partial charge is 0.350 e. The minimum absolute atomic E-state index is 0.0159. The zero-order valence-corrected chi connectivity index (χ0v) is 24.9. The molecule has 208 valence electrons. The molecule has 0 aliphatic heterocycles. The number of anilines is 1. The molecule has 0 aliphatic rings. The van der Waals surface area contributed by atoms with Crippen LogP contribution < -0.4 is 9.62 Å². The summed E-state index contributed by atoms with van der Waals surface area (Å²) in [5, 5.41) is 3.27. The number of nitrogens with one attached hydrogen (secondary N) is 1. The number of amides is 2. The van der Waals surface area contributed by atoms with Gasteiger partial charge in [-0.05, 0) is 76.1 Å². The fraction of sp³-hybridized carbons (Fsp3) is 0.310. The van der Waals surface area contributed by atoms with Gasteiger partial charge in [0, 0.05) is 17.1 Å². The Kier molecular flexibility index (Phi) is 9.69. The lowest BCUT2D eigenvalue weighted by Crippen LogP contribution is -2.54. The first-order chi connectivity index (χ1) is 18.2. The molecular weight excluding hydrogens is 557 g/mol. The average molecular weight is 591 g/mol. The van der Waals surface area contributed by atoms with Gasteiger partial charge in [-0.25, -0.2) is 8.42 Å². The molecule has 0 spiro atoms. The molecule has 39 heavy (non-hydrogen) atoms. The van der Waals surface area contributed by atoms with Crippen LogP contribution in [0.2, 0.25) is 10.0 Å². The van der Waals surface area contributed by atoms with Crippen LogP contribution in [0.4, 0.5) is 5.69 Å². The molecule has 10 heteroatoms. The highest BCUT2D eigenvalue weighted by Crippen LogP contribution is 2.33. The molecule has 0 radical (unpaired) electrons. The van der Waals surface area contributed by atoms with Crippen molar-refractivity contribution in [1.82, 2.24) is 10.2 Å². The van der Waals surface area contributed by atoms with Gasteiger partial charge in [-0.1, -0.05) is 65.7 Å². The summed E-state index contributed by atoms with van der Waals surface area (Å²) in [5.74, 6) is -0.937. The van der Waals surface area contributed by atoms with Gasteiger partial charge in [0.15, 0.2) is 0 Å². The van der Waals surface area contributed by atoms with Crippen molar-refractivity contribution in [2.24, 2.45) is 0 Å². The van der Waals surface area contributed by atoms with E-state index in [4.69, 9.17) is 23.2 Å². The van der Waals surface area contributed by atoms with Crippen molar-refractivity contribution in [1.29, 1.82) is 0 Å². The molecule has 0 bridgehead atoms. The Hall–Kier alpha value is -3.07. The van der Waals surface area contributed by atoms with Crippen molar-refractivity contribution in [3.05, 3.63) is 94.0 Å². The van der Waals surface area contributed by atoms with Gasteiger partial charge in [-0.15, -0.1) is 0 Å². The van der Waals surface area contributed by atoms with E-state index in [0.717, 1.165) is 15.4 Å². The number of nitrogens with zero attached hydrogens (tertiary/aromatic N) is 2. The summed E-state index contributed by atoms with van der Waals surface area (Å²) in [4.78, 5) is 28.5. The Bertz CT molecular complexity index is 1440. The Morgan fingerprint density at radius 1 is 0.949 bits per heavy atom. The first-order valence-electron chi connectivity index (χ1n) is 12.4. The van der Waals surface area contributed by atoms with E-state index in [9.17, 15) is 18.0 Å². The molecule has 1 atom stereocenters. The van der Waals surface area contributed by atoms with Gasteiger partial charge in [-0.3, -0.25) is 13.9 Å². The van der Waals surface area contributed by atoms with Crippen molar-refractivity contribution < 1.29 is 18.0 Å².